The Kier molecular flexibility index (Phi) is 5.14. The number of benzene rings is 2. The fraction of sp³-hybridized carbons (Fsp3) is 0.167. The number of rotatable bonds is 4. The molecular weight excluding hydrogens is 337 g/mol. The number of H-pyrrole nitrogens is 1. The molecule has 7 heteroatoms. The van der Waals surface area contributed by atoms with Gasteiger partial charge in [-0.1, -0.05) is 61.2 Å². The van der Waals surface area contributed by atoms with Gasteiger partial charge in [-0.05, 0) is 23.4 Å². The van der Waals surface area contributed by atoms with Crippen molar-refractivity contribution in [2.45, 2.75) is 12.8 Å². The number of nitrogens with zero attached hydrogens (tertiary/aromatic N) is 3. The zero-order valence-corrected chi connectivity index (χ0v) is 14.7. The van der Waals surface area contributed by atoms with Crippen LogP contribution < -0.4 is 5.73 Å². The molecule has 3 N–H and O–H groups in total. The van der Waals surface area contributed by atoms with Crippen molar-refractivity contribution < 1.29 is 4.39 Å². The molecule has 0 fully saturated rings. The molecule has 3 aromatic rings. The molecule has 1 heterocycles. The van der Waals surface area contributed by atoms with Gasteiger partial charge in [0.1, 0.15) is 11.6 Å². The fourth-order valence-electron chi connectivity index (χ4n) is 2.46. The monoisotopic (exact) mass is 355 g/mol. The first-order valence-electron chi connectivity index (χ1n) is 7.74. The van der Waals surface area contributed by atoms with Gasteiger partial charge in [-0.15, -0.1) is 5.10 Å². The Hall–Kier alpha value is -2.67. The fourth-order valence-corrected chi connectivity index (χ4v) is 2.64. The van der Waals surface area contributed by atoms with Crippen LogP contribution in [0.2, 0.25) is 0 Å². The van der Waals surface area contributed by atoms with Gasteiger partial charge in [0.2, 0.25) is 0 Å². The van der Waals surface area contributed by atoms with E-state index in [0.29, 0.717) is 16.6 Å². The summed E-state index contributed by atoms with van der Waals surface area (Å²) < 4.78 is 14.5. The third kappa shape index (κ3) is 3.88. The molecule has 1 aromatic heterocycles. The second-order valence-corrected chi connectivity index (χ2v) is 6.33. The van der Waals surface area contributed by atoms with Gasteiger partial charge in [-0.25, -0.2) is 4.39 Å². The summed E-state index contributed by atoms with van der Waals surface area (Å²) in [5.74, 6) is 0.473. The van der Waals surface area contributed by atoms with Crippen LogP contribution in [0.1, 0.15) is 24.2 Å². The zero-order valence-electron chi connectivity index (χ0n) is 13.9. The molecule has 5 nitrogen and oxygen atoms in total. The number of aromatic amines is 1. The molecule has 0 bridgehead atoms. The lowest BCUT2D eigenvalue weighted by Gasteiger charge is -2.11. The van der Waals surface area contributed by atoms with Crippen LogP contribution in [-0.2, 0) is 0 Å². The molecule has 0 aliphatic heterocycles. The number of aromatic nitrogens is 3. The Bertz CT molecular complexity index is 891. The molecular formula is C18H18FN5S. The van der Waals surface area contributed by atoms with Crippen molar-refractivity contribution in [3.05, 3.63) is 65.7 Å². The molecule has 0 saturated carbocycles. The van der Waals surface area contributed by atoms with E-state index in [1.54, 1.807) is 6.07 Å². The van der Waals surface area contributed by atoms with E-state index in [1.807, 2.05) is 49.6 Å². The van der Waals surface area contributed by atoms with E-state index in [-0.39, 0.29) is 17.7 Å². The third-order valence-electron chi connectivity index (χ3n) is 3.90. The highest BCUT2D eigenvalue weighted by atomic mass is 32.2. The van der Waals surface area contributed by atoms with E-state index in [4.69, 9.17) is 5.73 Å². The lowest BCUT2D eigenvalue weighted by molar-refractivity contribution is 0.627. The van der Waals surface area contributed by atoms with Gasteiger partial charge in [0.05, 0.1) is 0 Å². The summed E-state index contributed by atoms with van der Waals surface area (Å²) in [6, 6.07) is 14.7. The van der Waals surface area contributed by atoms with Crippen molar-refractivity contribution in [1.29, 1.82) is 0 Å². The average Bonchev–Trinajstić information content (AvgIpc) is 3.10. The molecule has 0 spiro atoms. The van der Waals surface area contributed by atoms with Crippen LogP contribution in [0, 0.1) is 5.82 Å². The van der Waals surface area contributed by atoms with Gasteiger partial charge in [-0.2, -0.15) is 9.98 Å². The van der Waals surface area contributed by atoms with E-state index < -0.39 is 0 Å². The van der Waals surface area contributed by atoms with Crippen molar-refractivity contribution in [3.63, 3.8) is 0 Å². The van der Waals surface area contributed by atoms with Crippen LogP contribution in [0.3, 0.4) is 0 Å². The number of halogens is 1. The molecule has 128 valence electrons. The summed E-state index contributed by atoms with van der Waals surface area (Å²) in [6.07, 6.45) is 1.83. The summed E-state index contributed by atoms with van der Waals surface area (Å²) in [7, 11) is 0. The largest absolute Gasteiger partial charge is 0.378 e. The van der Waals surface area contributed by atoms with Crippen molar-refractivity contribution in [1.82, 2.24) is 15.2 Å². The smallest absolute Gasteiger partial charge is 0.270 e. The van der Waals surface area contributed by atoms with E-state index in [9.17, 15) is 4.39 Å². The van der Waals surface area contributed by atoms with Crippen LogP contribution in [-0.4, -0.2) is 26.6 Å². The number of amidine groups is 1. The molecule has 2 aromatic carbocycles. The number of hydrogen-bond donors (Lipinski definition) is 2. The lowest BCUT2D eigenvalue weighted by atomic mass is 9.96. The van der Waals surface area contributed by atoms with Crippen molar-refractivity contribution in [2.75, 3.05) is 6.26 Å². The molecule has 0 aliphatic rings. The average molecular weight is 355 g/mol. The molecule has 1 unspecified atom stereocenters. The predicted octanol–water partition coefficient (Wildman–Crippen LogP) is 4.07. The van der Waals surface area contributed by atoms with Gasteiger partial charge in [0, 0.05) is 11.5 Å². The van der Waals surface area contributed by atoms with Crippen LogP contribution in [0.25, 0.3) is 11.1 Å². The lowest BCUT2D eigenvalue weighted by Crippen LogP contribution is -2.04. The van der Waals surface area contributed by atoms with Crippen molar-refractivity contribution in [3.8, 4) is 11.1 Å². The molecule has 25 heavy (non-hydrogen) atoms. The first-order valence-corrected chi connectivity index (χ1v) is 8.96. The number of nitrogens with two attached hydrogens (primary N) is 1. The second-order valence-electron chi connectivity index (χ2n) is 5.50. The molecule has 0 amide bonds. The highest BCUT2D eigenvalue weighted by Gasteiger charge is 2.16. The Morgan fingerprint density at radius 2 is 2.00 bits per heavy atom. The quantitative estimate of drug-likeness (QED) is 0.546. The number of thioether (sulfide) groups is 1. The summed E-state index contributed by atoms with van der Waals surface area (Å²) >= 11 is 1.32. The van der Waals surface area contributed by atoms with Crippen LogP contribution in [0.4, 0.5) is 10.3 Å². The predicted molar refractivity (Wildman–Crippen MR) is 101 cm³/mol. The van der Waals surface area contributed by atoms with Gasteiger partial charge in [-0.3, -0.25) is 5.10 Å². The Balaban J connectivity index is 1.86. The minimum Gasteiger partial charge on any atom is -0.378 e. The van der Waals surface area contributed by atoms with Gasteiger partial charge >= 0.3 is 0 Å². The summed E-state index contributed by atoms with van der Waals surface area (Å²) in [6.45, 7) is 1.93. The van der Waals surface area contributed by atoms with Gasteiger partial charge in [0.25, 0.3) is 5.95 Å². The van der Waals surface area contributed by atoms with Crippen LogP contribution >= 0.6 is 11.8 Å². The minimum atomic E-state index is -0.264. The van der Waals surface area contributed by atoms with E-state index in [2.05, 4.69) is 20.2 Å². The molecule has 1 atom stereocenters. The highest BCUT2D eigenvalue weighted by molar-refractivity contribution is 8.13. The summed E-state index contributed by atoms with van der Waals surface area (Å²) in [4.78, 5) is 8.39. The number of aliphatic imine (C=N–C) groups is 1. The molecule has 0 aliphatic carbocycles. The summed E-state index contributed by atoms with van der Waals surface area (Å²) in [5, 5.41) is 7.26. The van der Waals surface area contributed by atoms with Gasteiger partial charge in [0.15, 0.2) is 5.17 Å². The SMILES string of the molecule is CS/C(N)=N\c1n[nH]c(C(C)c2ccc(-c3ccccc3)c(F)c2)n1. The molecule has 3 rings (SSSR count). The number of hydrogen-bond acceptors (Lipinski definition) is 4. The van der Waals surface area contributed by atoms with Crippen LogP contribution in [0.15, 0.2) is 53.5 Å². The van der Waals surface area contributed by atoms with E-state index in [1.165, 1.54) is 17.8 Å². The van der Waals surface area contributed by atoms with Gasteiger partial charge < -0.3 is 5.73 Å². The summed E-state index contributed by atoms with van der Waals surface area (Å²) in [5.41, 5.74) is 7.90. The Morgan fingerprint density at radius 3 is 2.68 bits per heavy atom. The minimum absolute atomic E-state index is 0.147. The maximum Gasteiger partial charge on any atom is 0.270 e. The first-order chi connectivity index (χ1) is 12.1. The standard InChI is InChI=1S/C18H18FN5S/c1-11(16-21-18(24-23-16)22-17(20)25-2)13-8-9-14(15(19)10-13)12-6-4-3-5-7-12/h3-11H,1-2H3,(H3,20,21,22,23,24). The third-order valence-corrected chi connectivity index (χ3v) is 4.41. The van der Waals surface area contributed by atoms with Crippen molar-refractivity contribution in [2.24, 2.45) is 10.7 Å². The highest BCUT2D eigenvalue weighted by Crippen LogP contribution is 2.28. The Labute approximate surface area is 149 Å². The molecule has 0 radical (unpaired) electrons. The van der Waals surface area contributed by atoms with E-state index in [0.717, 1.165) is 11.1 Å². The number of nitrogens with one attached hydrogen (secondary N) is 1. The first kappa shape index (κ1) is 17.2. The van der Waals surface area contributed by atoms with Crippen LogP contribution in [0.5, 0.6) is 0 Å². The van der Waals surface area contributed by atoms with Crippen molar-refractivity contribution >= 4 is 22.9 Å². The normalized spacial score (nSPS) is 13.0. The maximum absolute atomic E-state index is 14.5. The Morgan fingerprint density at radius 1 is 1.24 bits per heavy atom. The topological polar surface area (TPSA) is 80.0 Å². The molecule has 0 saturated heterocycles. The maximum atomic E-state index is 14.5. The zero-order chi connectivity index (χ0) is 17.8. The second kappa shape index (κ2) is 7.48. The van der Waals surface area contributed by atoms with E-state index >= 15 is 0 Å².